The zero-order valence-corrected chi connectivity index (χ0v) is 13.3. The Morgan fingerprint density at radius 1 is 0.667 bits per heavy atom. The Hall–Kier alpha value is -1.26. The van der Waals surface area contributed by atoms with Crippen LogP contribution in [-0.4, -0.2) is 10.2 Å². The maximum absolute atomic E-state index is 6.13. The minimum atomic E-state index is 0.258. The molecule has 0 aliphatic rings. The second-order valence-corrected chi connectivity index (χ2v) is 5.69. The summed E-state index contributed by atoms with van der Waals surface area (Å²) in [5.74, 6) is 0.516. The van der Waals surface area contributed by atoms with E-state index in [9.17, 15) is 0 Å². The quantitative estimate of drug-likeness (QED) is 0.561. The summed E-state index contributed by atoms with van der Waals surface area (Å²) < 4.78 is 5.62. The van der Waals surface area contributed by atoms with Gasteiger partial charge in [0, 0.05) is 0 Å². The maximum Gasteiger partial charge on any atom is 0.249 e. The monoisotopic (exact) mass is 358 g/mol. The van der Waals surface area contributed by atoms with E-state index in [1.165, 1.54) is 0 Å². The van der Waals surface area contributed by atoms with Gasteiger partial charge in [0.05, 0.1) is 31.2 Å². The van der Waals surface area contributed by atoms with Crippen LogP contribution in [0.1, 0.15) is 0 Å². The molecule has 0 aliphatic carbocycles. The first-order valence-electron chi connectivity index (χ1n) is 5.80. The van der Waals surface area contributed by atoms with Gasteiger partial charge in [0.25, 0.3) is 0 Å². The number of aromatic nitrogens is 2. The number of hydrogen-bond acceptors (Lipinski definition) is 3. The van der Waals surface area contributed by atoms with Crippen LogP contribution < -0.4 is 0 Å². The second kappa shape index (κ2) is 5.85. The van der Waals surface area contributed by atoms with Gasteiger partial charge in [0.1, 0.15) is 0 Å². The lowest BCUT2D eigenvalue weighted by atomic mass is 10.2. The van der Waals surface area contributed by atoms with Gasteiger partial charge in [-0.05, 0) is 24.3 Å². The predicted molar refractivity (Wildman–Crippen MR) is 85.2 cm³/mol. The zero-order valence-electron chi connectivity index (χ0n) is 10.3. The van der Waals surface area contributed by atoms with Gasteiger partial charge in [-0.25, -0.2) is 0 Å². The van der Waals surface area contributed by atoms with E-state index in [-0.39, 0.29) is 11.8 Å². The Morgan fingerprint density at radius 3 is 1.52 bits per heavy atom. The average Bonchev–Trinajstić information content (AvgIpc) is 2.94. The highest BCUT2D eigenvalue weighted by Gasteiger charge is 2.17. The molecular formula is C14H6Cl4N2O. The van der Waals surface area contributed by atoms with E-state index in [1.54, 1.807) is 36.4 Å². The van der Waals surface area contributed by atoms with Crippen LogP contribution in [0.25, 0.3) is 22.9 Å². The van der Waals surface area contributed by atoms with Crippen LogP contribution in [0.4, 0.5) is 0 Å². The molecule has 21 heavy (non-hydrogen) atoms. The standard InChI is InChI=1S/C14H6Cl4N2O/c15-9-5-1-3-7(11(9)17)13-19-20-14(21-13)8-4-2-6-10(16)12(8)18/h1-6H. The highest BCUT2D eigenvalue weighted by Crippen LogP contribution is 2.36. The van der Waals surface area contributed by atoms with Crippen LogP contribution in [0.15, 0.2) is 40.8 Å². The fourth-order valence-electron chi connectivity index (χ4n) is 1.78. The SMILES string of the molecule is Clc1cccc(-c2nnc(-c3cccc(Cl)c3Cl)o2)c1Cl. The Bertz CT molecular complexity index is 750. The first kappa shape index (κ1) is 14.7. The first-order valence-corrected chi connectivity index (χ1v) is 7.31. The van der Waals surface area contributed by atoms with E-state index < -0.39 is 0 Å². The van der Waals surface area contributed by atoms with Crippen molar-refractivity contribution in [2.45, 2.75) is 0 Å². The van der Waals surface area contributed by atoms with Crippen LogP contribution in [-0.2, 0) is 0 Å². The minimum Gasteiger partial charge on any atom is -0.416 e. The van der Waals surface area contributed by atoms with E-state index in [4.69, 9.17) is 50.8 Å². The lowest BCUT2D eigenvalue weighted by Gasteiger charge is -2.01. The van der Waals surface area contributed by atoms with Crippen molar-refractivity contribution in [2.24, 2.45) is 0 Å². The third-order valence-electron chi connectivity index (χ3n) is 2.79. The van der Waals surface area contributed by atoms with E-state index >= 15 is 0 Å². The summed E-state index contributed by atoms with van der Waals surface area (Å²) in [7, 11) is 0. The molecule has 0 aliphatic heterocycles. The summed E-state index contributed by atoms with van der Waals surface area (Å²) in [5.41, 5.74) is 1.11. The Kier molecular flexibility index (Phi) is 4.09. The molecule has 1 heterocycles. The van der Waals surface area contributed by atoms with E-state index in [2.05, 4.69) is 10.2 Å². The molecule has 0 amide bonds. The summed E-state index contributed by atoms with van der Waals surface area (Å²) in [5, 5.41) is 9.48. The topological polar surface area (TPSA) is 38.9 Å². The molecule has 0 unspecified atom stereocenters. The van der Waals surface area contributed by atoms with Crippen molar-refractivity contribution in [3.05, 3.63) is 56.5 Å². The van der Waals surface area contributed by atoms with Crippen molar-refractivity contribution < 1.29 is 4.42 Å². The van der Waals surface area contributed by atoms with Gasteiger partial charge in [-0.15, -0.1) is 10.2 Å². The number of halogens is 4. The van der Waals surface area contributed by atoms with Crippen LogP contribution in [0.2, 0.25) is 20.1 Å². The normalized spacial score (nSPS) is 10.9. The smallest absolute Gasteiger partial charge is 0.249 e. The minimum absolute atomic E-state index is 0.258. The number of rotatable bonds is 2. The summed E-state index contributed by atoms with van der Waals surface area (Å²) in [4.78, 5) is 0. The van der Waals surface area contributed by atoms with Gasteiger partial charge >= 0.3 is 0 Å². The van der Waals surface area contributed by atoms with Crippen LogP contribution in [0.5, 0.6) is 0 Å². The average molecular weight is 360 g/mol. The third-order valence-corrected chi connectivity index (χ3v) is 4.43. The van der Waals surface area contributed by atoms with Crippen molar-refractivity contribution in [3.8, 4) is 22.9 Å². The molecule has 0 saturated heterocycles. The van der Waals surface area contributed by atoms with Crippen molar-refractivity contribution in [2.75, 3.05) is 0 Å². The van der Waals surface area contributed by atoms with Crippen LogP contribution in [0, 0.1) is 0 Å². The maximum atomic E-state index is 6.13. The van der Waals surface area contributed by atoms with Crippen LogP contribution >= 0.6 is 46.4 Å². The van der Waals surface area contributed by atoms with Crippen molar-refractivity contribution in [3.63, 3.8) is 0 Å². The molecule has 1 aromatic heterocycles. The molecule has 0 radical (unpaired) electrons. The lowest BCUT2D eigenvalue weighted by Crippen LogP contribution is -1.80. The second-order valence-electron chi connectivity index (χ2n) is 4.12. The molecule has 7 heteroatoms. The fourth-order valence-corrected chi connectivity index (χ4v) is 2.54. The van der Waals surface area contributed by atoms with Gasteiger partial charge < -0.3 is 4.42 Å². The largest absolute Gasteiger partial charge is 0.416 e. The summed E-state index contributed by atoms with van der Waals surface area (Å²) in [6.45, 7) is 0. The lowest BCUT2D eigenvalue weighted by molar-refractivity contribution is 0.584. The Labute approximate surface area is 140 Å². The molecule has 0 bridgehead atoms. The molecule has 0 fully saturated rings. The summed E-state index contributed by atoms with van der Waals surface area (Å²) >= 11 is 24.2. The van der Waals surface area contributed by atoms with Crippen LogP contribution in [0.3, 0.4) is 0 Å². The first-order chi connectivity index (χ1) is 10.1. The molecule has 2 aromatic carbocycles. The molecular weight excluding hydrogens is 354 g/mol. The fraction of sp³-hybridized carbons (Fsp3) is 0. The number of benzene rings is 2. The van der Waals surface area contributed by atoms with Crippen molar-refractivity contribution >= 4 is 46.4 Å². The summed E-state index contributed by atoms with van der Waals surface area (Å²) in [6.07, 6.45) is 0. The molecule has 106 valence electrons. The number of hydrogen-bond donors (Lipinski definition) is 0. The molecule has 0 spiro atoms. The molecule has 0 N–H and O–H groups in total. The van der Waals surface area contributed by atoms with Gasteiger partial charge in [0.2, 0.25) is 11.8 Å². The summed E-state index contributed by atoms with van der Waals surface area (Å²) in [6, 6.07) is 10.3. The molecule has 0 atom stereocenters. The Morgan fingerprint density at radius 2 is 1.10 bits per heavy atom. The predicted octanol–water partition coefficient (Wildman–Crippen LogP) is 6.02. The molecule has 3 rings (SSSR count). The highest BCUT2D eigenvalue weighted by molar-refractivity contribution is 6.44. The number of nitrogens with zero attached hydrogens (tertiary/aromatic N) is 2. The van der Waals surface area contributed by atoms with Gasteiger partial charge in [0.15, 0.2) is 0 Å². The molecule has 3 nitrogen and oxygen atoms in total. The van der Waals surface area contributed by atoms with Gasteiger partial charge in [-0.2, -0.15) is 0 Å². The van der Waals surface area contributed by atoms with Gasteiger partial charge in [-0.1, -0.05) is 58.5 Å². The van der Waals surface area contributed by atoms with Gasteiger partial charge in [-0.3, -0.25) is 0 Å². The van der Waals surface area contributed by atoms with E-state index in [1.807, 2.05) is 0 Å². The van der Waals surface area contributed by atoms with E-state index in [0.29, 0.717) is 31.2 Å². The zero-order chi connectivity index (χ0) is 15.0. The highest BCUT2D eigenvalue weighted by atomic mass is 35.5. The van der Waals surface area contributed by atoms with E-state index in [0.717, 1.165) is 0 Å². The van der Waals surface area contributed by atoms with Crippen molar-refractivity contribution in [1.29, 1.82) is 0 Å². The third kappa shape index (κ3) is 2.74. The molecule has 3 aromatic rings. The molecule has 0 saturated carbocycles. The Balaban J connectivity index is 2.08. The van der Waals surface area contributed by atoms with Crippen molar-refractivity contribution in [1.82, 2.24) is 10.2 Å².